The molecule has 2 heteroatoms. The molecule has 2 aromatic heterocycles. The van der Waals surface area contributed by atoms with Gasteiger partial charge in [0.25, 0.3) is 5.65 Å². The first kappa shape index (κ1) is 12.9. The predicted octanol–water partition coefficient (Wildman–Crippen LogP) is 5.26. The highest BCUT2D eigenvalue weighted by atomic mass is 15.1. The van der Waals surface area contributed by atoms with Crippen molar-refractivity contribution in [3.8, 4) is 0 Å². The summed E-state index contributed by atoms with van der Waals surface area (Å²) < 4.78 is 30.0. The molecule has 4 aromatic rings. The maximum Gasteiger partial charge on any atom is 0.295 e. The van der Waals surface area contributed by atoms with Crippen LogP contribution in [0.5, 0.6) is 0 Å². The minimum Gasteiger partial charge on any atom is -0.232 e. The van der Waals surface area contributed by atoms with Gasteiger partial charge in [-0.3, -0.25) is 0 Å². The van der Waals surface area contributed by atoms with Crippen LogP contribution in [0.15, 0.2) is 36.5 Å². The first-order chi connectivity index (χ1) is 13.4. The highest BCUT2D eigenvalue weighted by Gasteiger charge is 2.50. The number of aryl methyl sites for hydroxylation is 3. The molecule has 0 radical (unpaired) electrons. The second-order valence-corrected chi connectivity index (χ2v) is 8.69. The van der Waals surface area contributed by atoms with Gasteiger partial charge in [-0.1, -0.05) is 58.0 Å². The topological polar surface area (TPSA) is 8.29 Å². The lowest BCUT2D eigenvalue weighted by Gasteiger charge is -2.43. The van der Waals surface area contributed by atoms with E-state index in [0.29, 0.717) is 0 Å². The van der Waals surface area contributed by atoms with Crippen LogP contribution in [0.3, 0.4) is 0 Å². The highest BCUT2D eigenvalue weighted by Crippen LogP contribution is 2.51. The lowest BCUT2D eigenvalue weighted by Crippen LogP contribution is -2.44. The Morgan fingerprint density at radius 2 is 1.69 bits per heavy atom. The fourth-order valence-electron chi connectivity index (χ4n) is 4.97. The summed E-state index contributed by atoms with van der Waals surface area (Å²) in [7, 11) is 2.03. The maximum atomic E-state index is 8.54. The second kappa shape index (κ2) is 4.49. The molecule has 0 amide bonds. The van der Waals surface area contributed by atoms with Crippen LogP contribution in [-0.2, 0) is 17.9 Å². The minimum absolute atomic E-state index is 0.560. The Balaban J connectivity index is 2.23. The van der Waals surface area contributed by atoms with Crippen LogP contribution in [-0.4, -0.2) is 4.40 Å². The molecule has 2 nitrogen and oxygen atoms in total. The van der Waals surface area contributed by atoms with Gasteiger partial charge in [0.2, 0.25) is 0 Å². The molecule has 1 atom stereocenters. The summed E-state index contributed by atoms with van der Waals surface area (Å²) >= 11 is 0. The number of imidazole rings is 1. The van der Waals surface area contributed by atoms with E-state index in [-0.39, 0.29) is 0 Å². The molecule has 1 unspecified atom stereocenters. The van der Waals surface area contributed by atoms with Gasteiger partial charge in [0, 0.05) is 31.3 Å². The lowest BCUT2D eigenvalue weighted by atomic mass is 9.60. The van der Waals surface area contributed by atoms with E-state index in [0.717, 1.165) is 22.4 Å². The number of rotatable bonds is 0. The summed E-state index contributed by atoms with van der Waals surface area (Å²) in [5.41, 5.74) is 5.04. The first-order valence-electron chi connectivity index (χ1n) is 10.8. The molecule has 5 rings (SSSR count). The molecule has 0 saturated heterocycles. The van der Waals surface area contributed by atoms with Gasteiger partial charge >= 0.3 is 0 Å². The Kier molecular flexibility index (Phi) is 2.23. The summed E-state index contributed by atoms with van der Waals surface area (Å²) in [4.78, 5) is 0. The van der Waals surface area contributed by atoms with Gasteiger partial charge < -0.3 is 0 Å². The van der Waals surface area contributed by atoms with Crippen LogP contribution in [0.2, 0.25) is 0 Å². The number of pyridine rings is 1. The number of hydrogen-bond donors (Lipinski definition) is 0. The highest BCUT2D eigenvalue weighted by molar-refractivity contribution is 6.14. The summed E-state index contributed by atoms with van der Waals surface area (Å²) in [6.07, 6.45) is 2.04. The van der Waals surface area contributed by atoms with Crippen LogP contribution in [0.25, 0.3) is 27.3 Å². The van der Waals surface area contributed by atoms with Crippen LogP contribution in [0.1, 0.15) is 54.1 Å². The van der Waals surface area contributed by atoms with Crippen molar-refractivity contribution in [2.75, 3.05) is 0 Å². The monoisotopic (exact) mass is 346 g/mol. The average Bonchev–Trinajstić information content (AvgIpc) is 2.97. The van der Waals surface area contributed by atoms with Crippen molar-refractivity contribution in [1.29, 1.82) is 0 Å². The van der Waals surface area contributed by atoms with Gasteiger partial charge in [0.05, 0.1) is 12.4 Å². The normalized spacial score (nSPS) is 23.5. The van der Waals surface area contributed by atoms with Gasteiger partial charge in [0.15, 0.2) is 5.69 Å². The largest absolute Gasteiger partial charge is 0.295 e. The average molecular weight is 347 g/mol. The van der Waals surface area contributed by atoms with Crippen LogP contribution in [0.4, 0.5) is 0 Å². The van der Waals surface area contributed by atoms with E-state index in [9.17, 15) is 0 Å². The molecule has 0 spiro atoms. The molecule has 2 aromatic carbocycles. The van der Waals surface area contributed by atoms with E-state index < -0.39 is 17.7 Å². The van der Waals surface area contributed by atoms with Crippen LogP contribution >= 0.6 is 0 Å². The zero-order chi connectivity index (χ0) is 21.1. The van der Waals surface area contributed by atoms with Gasteiger partial charge in [0.1, 0.15) is 11.7 Å². The van der Waals surface area contributed by atoms with E-state index in [1.165, 1.54) is 27.3 Å². The number of nitrogens with zero attached hydrogens (tertiary/aromatic N) is 2. The molecular formula is C24H27N2+. The molecule has 3 heterocycles. The van der Waals surface area contributed by atoms with Crippen LogP contribution in [0, 0.1) is 13.8 Å². The first-order valence-corrected chi connectivity index (χ1v) is 9.29. The summed E-state index contributed by atoms with van der Waals surface area (Å²) in [6.45, 7) is 8.24. The summed E-state index contributed by atoms with van der Waals surface area (Å²) in [5.74, 6) is 0. The van der Waals surface area contributed by atoms with E-state index in [4.69, 9.17) is 4.11 Å². The smallest absolute Gasteiger partial charge is 0.232 e. The van der Waals surface area contributed by atoms with E-state index >= 15 is 0 Å². The molecule has 26 heavy (non-hydrogen) atoms. The molecule has 0 bridgehead atoms. The minimum atomic E-state index is -2.15. The summed E-state index contributed by atoms with van der Waals surface area (Å²) in [6, 6.07) is 10.8. The molecular weight excluding hydrogens is 316 g/mol. The van der Waals surface area contributed by atoms with Crippen molar-refractivity contribution in [1.82, 2.24) is 4.40 Å². The Bertz CT molecular complexity index is 1360. The molecule has 0 N–H and O–H groups in total. The number of aromatic nitrogens is 2. The van der Waals surface area contributed by atoms with Crippen molar-refractivity contribution in [3.05, 3.63) is 58.9 Å². The molecule has 0 saturated carbocycles. The SMILES string of the molecule is [2H]C([2H])([2H])C1(C)c2c[n+](C)c3c4c(C)cccc4c4c(C)ccc(c4n23)C1(C)C. The lowest BCUT2D eigenvalue weighted by molar-refractivity contribution is -0.643. The standard InChI is InChI=1S/C24H27N2/c1-14-9-8-10-16-19-15(2)11-12-17-21(19)26-18(24(5,6)23(17,3)4)13-25(7)22(26)20(14)16/h8-13H,1-7H3/q+1/i5D3. The third-order valence-corrected chi connectivity index (χ3v) is 6.91. The third-order valence-electron chi connectivity index (χ3n) is 6.91. The van der Waals surface area contributed by atoms with Crippen LogP contribution < -0.4 is 4.57 Å². The zero-order valence-electron chi connectivity index (χ0n) is 19.4. The van der Waals surface area contributed by atoms with Crippen molar-refractivity contribution in [2.45, 2.75) is 52.3 Å². The molecule has 0 fully saturated rings. The number of hydrogen-bond acceptors (Lipinski definition) is 0. The summed E-state index contributed by atoms with van der Waals surface area (Å²) in [5, 5.41) is 3.66. The van der Waals surface area contributed by atoms with Crippen molar-refractivity contribution < 1.29 is 8.68 Å². The number of fused-ring (bicyclic) bond motifs is 3. The van der Waals surface area contributed by atoms with E-state index in [1.807, 2.05) is 20.2 Å². The molecule has 132 valence electrons. The molecule has 0 aliphatic carbocycles. The van der Waals surface area contributed by atoms with Gasteiger partial charge in [-0.15, -0.1) is 0 Å². The molecule has 1 aliphatic rings. The Labute approximate surface area is 159 Å². The van der Waals surface area contributed by atoms with E-state index in [2.05, 4.69) is 67.0 Å². The molecule has 1 aliphatic heterocycles. The van der Waals surface area contributed by atoms with Crippen molar-refractivity contribution in [2.24, 2.45) is 7.05 Å². The van der Waals surface area contributed by atoms with Crippen molar-refractivity contribution in [3.63, 3.8) is 0 Å². The second-order valence-electron chi connectivity index (χ2n) is 8.69. The fourth-order valence-corrected chi connectivity index (χ4v) is 4.97. The fraction of sp³-hybridized carbons (Fsp3) is 0.375. The van der Waals surface area contributed by atoms with Gasteiger partial charge in [-0.25, -0.2) is 4.57 Å². The Morgan fingerprint density at radius 3 is 2.42 bits per heavy atom. The maximum absolute atomic E-state index is 8.54. The number of benzene rings is 2. The zero-order valence-corrected chi connectivity index (χ0v) is 16.4. The predicted molar refractivity (Wildman–Crippen MR) is 109 cm³/mol. The van der Waals surface area contributed by atoms with Crippen molar-refractivity contribution >= 4 is 27.3 Å². The Morgan fingerprint density at radius 1 is 0.962 bits per heavy atom. The Hall–Kier alpha value is -2.35. The van der Waals surface area contributed by atoms with Gasteiger partial charge in [-0.2, -0.15) is 4.40 Å². The van der Waals surface area contributed by atoms with Gasteiger partial charge in [-0.05, 0) is 25.0 Å². The third kappa shape index (κ3) is 1.53. The van der Waals surface area contributed by atoms with E-state index in [1.54, 1.807) is 0 Å². The quantitative estimate of drug-likeness (QED) is 0.303.